The summed E-state index contributed by atoms with van der Waals surface area (Å²) in [4.78, 5) is 8.18. The number of aryl methyl sites for hydroxylation is 1. The predicted molar refractivity (Wildman–Crippen MR) is 77.2 cm³/mol. The number of hydrogen-bond acceptors (Lipinski definition) is 5. The Morgan fingerprint density at radius 2 is 2.17 bits per heavy atom. The third-order valence-electron chi connectivity index (χ3n) is 2.79. The van der Waals surface area contributed by atoms with Crippen molar-refractivity contribution >= 4 is 22.7 Å². The van der Waals surface area contributed by atoms with Gasteiger partial charge in [-0.3, -0.25) is 4.90 Å². The predicted octanol–water partition coefficient (Wildman–Crippen LogP) is 3.16. The molecule has 3 nitrogen and oxygen atoms in total. The molecule has 0 atom stereocenters. The summed E-state index contributed by atoms with van der Waals surface area (Å²) in [6.45, 7) is 5.75. The fraction of sp³-hybridized carbons (Fsp3) is 0.462. The first-order valence-corrected chi connectivity index (χ1v) is 7.68. The van der Waals surface area contributed by atoms with E-state index in [0.717, 1.165) is 26.2 Å². The number of nitrogens with zero attached hydrogens (tertiary/aromatic N) is 2. The summed E-state index contributed by atoms with van der Waals surface area (Å²) in [7, 11) is 1.75. The van der Waals surface area contributed by atoms with Gasteiger partial charge in [0.25, 0.3) is 0 Å². The fourth-order valence-electron chi connectivity index (χ4n) is 1.73. The molecule has 0 spiro atoms. The monoisotopic (exact) mass is 282 g/mol. The van der Waals surface area contributed by atoms with Crippen molar-refractivity contribution in [1.82, 2.24) is 9.88 Å². The van der Waals surface area contributed by atoms with Crippen molar-refractivity contribution in [3.05, 3.63) is 38.5 Å². The van der Waals surface area contributed by atoms with Crippen LogP contribution in [-0.4, -0.2) is 30.1 Å². The number of aromatic nitrogens is 1. The van der Waals surface area contributed by atoms with Crippen LogP contribution in [0.1, 0.15) is 15.4 Å². The zero-order valence-electron chi connectivity index (χ0n) is 10.8. The average molecular weight is 282 g/mol. The van der Waals surface area contributed by atoms with E-state index in [1.807, 2.05) is 22.9 Å². The Morgan fingerprint density at radius 1 is 1.28 bits per heavy atom. The molecule has 0 amide bonds. The lowest BCUT2D eigenvalue weighted by molar-refractivity contribution is 0.140. The molecular weight excluding hydrogens is 264 g/mol. The molecule has 0 aromatic carbocycles. The molecule has 0 unspecified atom stereocenters. The topological polar surface area (TPSA) is 25.4 Å². The number of rotatable bonds is 7. The molecule has 0 N–H and O–H groups in total. The number of thiazole rings is 1. The zero-order valence-corrected chi connectivity index (χ0v) is 12.4. The Bertz CT molecular complexity index is 453. The van der Waals surface area contributed by atoms with Crippen LogP contribution in [0.3, 0.4) is 0 Å². The van der Waals surface area contributed by atoms with Gasteiger partial charge >= 0.3 is 0 Å². The second-order valence-electron chi connectivity index (χ2n) is 4.16. The van der Waals surface area contributed by atoms with Crippen molar-refractivity contribution < 1.29 is 4.74 Å². The van der Waals surface area contributed by atoms with Gasteiger partial charge in [-0.1, -0.05) is 0 Å². The van der Waals surface area contributed by atoms with Crippen LogP contribution in [-0.2, 0) is 17.8 Å². The van der Waals surface area contributed by atoms with Crippen LogP contribution in [0.25, 0.3) is 0 Å². The Labute approximate surface area is 116 Å². The Balaban J connectivity index is 1.98. The van der Waals surface area contributed by atoms with Crippen LogP contribution < -0.4 is 0 Å². The molecule has 2 heterocycles. The number of ether oxygens (including phenoxy) is 1. The van der Waals surface area contributed by atoms with Gasteiger partial charge < -0.3 is 4.74 Å². The molecule has 98 valence electrons. The number of hydrogen-bond donors (Lipinski definition) is 0. The highest BCUT2D eigenvalue weighted by Gasteiger charge is 2.10. The van der Waals surface area contributed by atoms with Crippen molar-refractivity contribution in [2.24, 2.45) is 0 Å². The first-order chi connectivity index (χ1) is 8.79. The van der Waals surface area contributed by atoms with E-state index in [2.05, 4.69) is 28.3 Å². The minimum atomic E-state index is 0.760. The maximum atomic E-state index is 5.19. The molecule has 2 rings (SSSR count). The second kappa shape index (κ2) is 6.99. The standard InChI is InChI=1S/C13H18N2OS2/c1-11-3-7-17-12(11)9-15(5-6-16-2)10-13-14-4-8-18-13/h3-4,7-8H,5-6,9-10H2,1-2H3. The lowest BCUT2D eigenvalue weighted by Crippen LogP contribution is -2.26. The van der Waals surface area contributed by atoms with E-state index in [9.17, 15) is 0 Å². The third kappa shape index (κ3) is 3.88. The van der Waals surface area contributed by atoms with Crippen molar-refractivity contribution in [2.75, 3.05) is 20.3 Å². The average Bonchev–Trinajstić information content (AvgIpc) is 2.99. The van der Waals surface area contributed by atoms with Crippen LogP contribution in [0, 0.1) is 6.92 Å². The van der Waals surface area contributed by atoms with Gasteiger partial charge in [-0.15, -0.1) is 22.7 Å². The summed E-state index contributed by atoms with van der Waals surface area (Å²) in [5.41, 5.74) is 1.38. The summed E-state index contributed by atoms with van der Waals surface area (Å²) < 4.78 is 5.19. The minimum absolute atomic E-state index is 0.760. The summed E-state index contributed by atoms with van der Waals surface area (Å²) in [5.74, 6) is 0. The van der Waals surface area contributed by atoms with Crippen LogP contribution in [0.4, 0.5) is 0 Å². The quantitative estimate of drug-likeness (QED) is 0.780. The highest BCUT2D eigenvalue weighted by Crippen LogP contribution is 2.19. The lowest BCUT2D eigenvalue weighted by Gasteiger charge is -2.20. The van der Waals surface area contributed by atoms with Gasteiger partial charge in [0.2, 0.25) is 0 Å². The van der Waals surface area contributed by atoms with Crippen molar-refractivity contribution in [3.63, 3.8) is 0 Å². The molecule has 2 aromatic rings. The van der Waals surface area contributed by atoms with E-state index in [-0.39, 0.29) is 0 Å². The molecule has 0 saturated carbocycles. The molecule has 0 bridgehead atoms. The zero-order chi connectivity index (χ0) is 12.8. The molecular formula is C13H18N2OS2. The van der Waals surface area contributed by atoms with Gasteiger partial charge in [0.15, 0.2) is 0 Å². The van der Waals surface area contributed by atoms with Crippen molar-refractivity contribution in [2.45, 2.75) is 20.0 Å². The molecule has 0 aliphatic rings. The molecule has 18 heavy (non-hydrogen) atoms. The van der Waals surface area contributed by atoms with E-state index in [1.54, 1.807) is 18.4 Å². The molecule has 0 fully saturated rings. The molecule has 0 radical (unpaired) electrons. The first kappa shape index (κ1) is 13.7. The smallest absolute Gasteiger partial charge is 0.107 e. The van der Waals surface area contributed by atoms with Gasteiger partial charge in [0.1, 0.15) is 5.01 Å². The van der Waals surface area contributed by atoms with E-state index in [4.69, 9.17) is 4.74 Å². The Hall–Kier alpha value is -0.750. The van der Waals surface area contributed by atoms with Crippen LogP contribution >= 0.6 is 22.7 Å². The first-order valence-electron chi connectivity index (χ1n) is 5.92. The maximum Gasteiger partial charge on any atom is 0.107 e. The maximum absolute atomic E-state index is 5.19. The van der Waals surface area contributed by atoms with E-state index < -0.39 is 0 Å². The fourth-order valence-corrected chi connectivity index (χ4v) is 3.33. The van der Waals surface area contributed by atoms with Gasteiger partial charge in [-0.25, -0.2) is 4.98 Å². The minimum Gasteiger partial charge on any atom is -0.383 e. The van der Waals surface area contributed by atoms with E-state index in [1.165, 1.54) is 15.4 Å². The Kier molecular flexibility index (Phi) is 5.31. The molecule has 0 saturated heterocycles. The van der Waals surface area contributed by atoms with Crippen LogP contribution in [0.15, 0.2) is 23.0 Å². The summed E-state index contributed by atoms with van der Waals surface area (Å²) in [5, 5.41) is 5.35. The summed E-state index contributed by atoms with van der Waals surface area (Å²) in [6.07, 6.45) is 1.87. The van der Waals surface area contributed by atoms with Gasteiger partial charge in [-0.05, 0) is 23.9 Å². The number of thiophene rings is 1. The van der Waals surface area contributed by atoms with Crippen LogP contribution in [0.5, 0.6) is 0 Å². The van der Waals surface area contributed by atoms with E-state index in [0.29, 0.717) is 0 Å². The Morgan fingerprint density at radius 3 is 2.78 bits per heavy atom. The molecule has 0 aliphatic heterocycles. The molecule has 5 heteroatoms. The normalized spacial score (nSPS) is 11.3. The highest BCUT2D eigenvalue weighted by atomic mass is 32.1. The largest absolute Gasteiger partial charge is 0.383 e. The van der Waals surface area contributed by atoms with Crippen molar-refractivity contribution in [3.8, 4) is 0 Å². The van der Waals surface area contributed by atoms with Crippen molar-refractivity contribution in [1.29, 1.82) is 0 Å². The summed E-state index contributed by atoms with van der Waals surface area (Å²) >= 11 is 3.54. The number of methoxy groups -OCH3 is 1. The highest BCUT2D eigenvalue weighted by molar-refractivity contribution is 7.10. The van der Waals surface area contributed by atoms with Gasteiger partial charge in [0, 0.05) is 36.7 Å². The third-order valence-corrected chi connectivity index (χ3v) is 4.56. The second-order valence-corrected chi connectivity index (χ2v) is 6.14. The van der Waals surface area contributed by atoms with E-state index >= 15 is 0 Å². The van der Waals surface area contributed by atoms with Gasteiger partial charge in [0.05, 0.1) is 13.2 Å². The molecule has 2 aromatic heterocycles. The summed E-state index contributed by atoms with van der Waals surface area (Å²) in [6, 6.07) is 2.18. The SMILES string of the molecule is COCCN(Cc1nccs1)Cc1sccc1C. The molecule has 0 aliphatic carbocycles. The van der Waals surface area contributed by atoms with Crippen LogP contribution in [0.2, 0.25) is 0 Å². The lowest BCUT2D eigenvalue weighted by atomic mass is 10.3. The van der Waals surface area contributed by atoms with Gasteiger partial charge in [-0.2, -0.15) is 0 Å².